The second kappa shape index (κ2) is 5.27. The van der Waals surface area contributed by atoms with Gasteiger partial charge in [-0.1, -0.05) is 32.0 Å². The number of hydrogen-bond donors (Lipinski definition) is 0. The minimum Gasteiger partial charge on any atom is -0.377 e. The van der Waals surface area contributed by atoms with Gasteiger partial charge >= 0.3 is 0 Å². The van der Waals surface area contributed by atoms with Crippen molar-refractivity contribution in [3.8, 4) is 5.75 Å². The molecule has 0 heterocycles. The van der Waals surface area contributed by atoms with Gasteiger partial charge in [0, 0.05) is 0 Å². The number of para-hydroxylation sites is 1. The van der Waals surface area contributed by atoms with E-state index in [1.165, 1.54) is 5.06 Å². The number of hydroxylamine groups is 2. The summed E-state index contributed by atoms with van der Waals surface area (Å²) in [6.45, 7) is 4.66. The first kappa shape index (κ1) is 10.6. The van der Waals surface area contributed by atoms with Gasteiger partial charge in [-0.25, -0.2) is 0 Å². The Kier molecular flexibility index (Phi) is 3.98. The van der Waals surface area contributed by atoms with Crippen LogP contribution < -0.4 is 4.84 Å². The van der Waals surface area contributed by atoms with Crippen LogP contribution in [0.3, 0.4) is 0 Å². The lowest BCUT2D eigenvalue weighted by molar-refractivity contribution is -0.143. The molecule has 1 aromatic carbocycles. The molecule has 0 aliphatic heterocycles. The highest BCUT2D eigenvalue weighted by Gasteiger charge is 2.05. The maximum absolute atomic E-state index is 10.6. The number of rotatable bonds is 5. The number of benzene rings is 1. The zero-order chi connectivity index (χ0) is 10.4. The van der Waals surface area contributed by atoms with Crippen LogP contribution in [0.25, 0.3) is 0 Å². The summed E-state index contributed by atoms with van der Waals surface area (Å²) >= 11 is 0. The first-order chi connectivity index (χ1) is 6.72. The summed E-state index contributed by atoms with van der Waals surface area (Å²) in [7, 11) is 0. The number of carbonyl (C=O) groups excluding carboxylic acids is 1. The van der Waals surface area contributed by atoms with Crippen molar-refractivity contribution in [1.29, 1.82) is 0 Å². The average Bonchev–Trinajstić information content (AvgIpc) is 2.17. The van der Waals surface area contributed by atoms with E-state index in [1.54, 1.807) is 0 Å². The fraction of sp³-hybridized carbons (Fsp3) is 0.364. The summed E-state index contributed by atoms with van der Waals surface area (Å²) in [5.41, 5.74) is 0. The minimum absolute atomic E-state index is 0.393. The third-order valence-electron chi connectivity index (χ3n) is 1.63. The van der Waals surface area contributed by atoms with Gasteiger partial charge in [0.05, 0.1) is 6.54 Å². The molecule has 0 N–H and O–H groups in total. The van der Waals surface area contributed by atoms with Gasteiger partial charge in [-0.05, 0) is 18.1 Å². The zero-order valence-corrected chi connectivity index (χ0v) is 8.51. The van der Waals surface area contributed by atoms with Gasteiger partial charge in [0.15, 0.2) is 5.75 Å². The lowest BCUT2D eigenvalue weighted by Crippen LogP contribution is -2.29. The molecule has 0 fully saturated rings. The van der Waals surface area contributed by atoms with Crippen molar-refractivity contribution >= 4 is 6.41 Å². The van der Waals surface area contributed by atoms with Crippen molar-refractivity contribution in [3.63, 3.8) is 0 Å². The topological polar surface area (TPSA) is 29.5 Å². The molecule has 0 aliphatic carbocycles. The van der Waals surface area contributed by atoms with Crippen LogP contribution in [0.5, 0.6) is 5.75 Å². The Morgan fingerprint density at radius 3 is 2.50 bits per heavy atom. The molecule has 0 saturated carbocycles. The van der Waals surface area contributed by atoms with Crippen LogP contribution in [0.4, 0.5) is 0 Å². The van der Waals surface area contributed by atoms with Crippen molar-refractivity contribution in [2.24, 2.45) is 5.92 Å². The molecule has 0 unspecified atom stereocenters. The fourth-order valence-electron chi connectivity index (χ4n) is 1.08. The number of hydrogen-bond acceptors (Lipinski definition) is 2. The van der Waals surface area contributed by atoms with Crippen molar-refractivity contribution < 1.29 is 9.63 Å². The van der Waals surface area contributed by atoms with E-state index in [9.17, 15) is 4.79 Å². The number of carbonyl (C=O) groups is 1. The largest absolute Gasteiger partial charge is 0.377 e. The van der Waals surface area contributed by atoms with Crippen LogP contribution in [0.15, 0.2) is 30.3 Å². The van der Waals surface area contributed by atoms with Crippen molar-refractivity contribution in [2.45, 2.75) is 13.8 Å². The van der Waals surface area contributed by atoms with Gasteiger partial charge in [-0.3, -0.25) is 4.79 Å². The van der Waals surface area contributed by atoms with E-state index in [1.807, 2.05) is 44.2 Å². The Balaban J connectivity index is 2.53. The van der Waals surface area contributed by atoms with E-state index < -0.39 is 0 Å². The van der Waals surface area contributed by atoms with E-state index in [-0.39, 0.29) is 0 Å². The molecule has 76 valence electrons. The maximum atomic E-state index is 10.6. The Bertz CT molecular complexity index is 272. The van der Waals surface area contributed by atoms with Gasteiger partial charge < -0.3 is 4.84 Å². The lowest BCUT2D eigenvalue weighted by Gasteiger charge is -2.19. The number of nitrogens with zero attached hydrogens (tertiary/aromatic N) is 1. The highest BCUT2D eigenvalue weighted by atomic mass is 16.7. The Morgan fingerprint density at radius 2 is 2.00 bits per heavy atom. The highest BCUT2D eigenvalue weighted by Crippen LogP contribution is 2.10. The normalized spacial score (nSPS) is 9.93. The molecule has 0 radical (unpaired) electrons. The first-order valence-corrected chi connectivity index (χ1v) is 4.67. The van der Waals surface area contributed by atoms with Gasteiger partial charge in [0.1, 0.15) is 0 Å². The number of amides is 1. The molecule has 3 heteroatoms. The van der Waals surface area contributed by atoms with Crippen LogP contribution in [-0.2, 0) is 4.79 Å². The maximum Gasteiger partial charge on any atom is 0.242 e. The molecule has 0 saturated heterocycles. The summed E-state index contributed by atoms with van der Waals surface area (Å²) in [6.07, 6.45) is 0.701. The predicted octanol–water partition coefficient (Wildman–Crippen LogP) is 2.09. The van der Waals surface area contributed by atoms with Crippen LogP contribution in [-0.4, -0.2) is 18.0 Å². The monoisotopic (exact) mass is 193 g/mol. The van der Waals surface area contributed by atoms with E-state index >= 15 is 0 Å². The molecule has 14 heavy (non-hydrogen) atoms. The van der Waals surface area contributed by atoms with Crippen LogP contribution in [0.2, 0.25) is 0 Å². The average molecular weight is 193 g/mol. The van der Waals surface area contributed by atoms with Crippen molar-refractivity contribution in [1.82, 2.24) is 5.06 Å². The fourth-order valence-corrected chi connectivity index (χ4v) is 1.08. The third kappa shape index (κ3) is 3.47. The Hall–Kier alpha value is -1.51. The van der Waals surface area contributed by atoms with Gasteiger partial charge in [-0.2, -0.15) is 5.06 Å². The van der Waals surface area contributed by atoms with Crippen molar-refractivity contribution in [2.75, 3.05) is 6.54 Å². The SMILES string of the molecule is CC(C)CN(C=O)Oc1ccccc1. The molecule has 1 amide bonds. The smallest absolute Gasteiger partial charge is 0.242 e. The molecular weight excluding hydrogens is 178 g/mol. The van der Waals surface area contributed by atoms with Gasteiger partial charge in [-0.15, -0.1) is 0 Å². The summed E-state index contributed by atoms with van der Waals surface area (Å²) in [4.78, 5) is 16.0. The van der Waals surface area contributed by atoms with E-state index in [0.29, 0.717) is 24.6 Å². The molecule has 1 rings (SSSR count). The van der Waals surface area contributed by atoms with E-state index in [0.717, 1.165) is 0 Å². The predicted molar refractivity (Wildman–Crippen MR) is 54.7 cm³/mol. The molecule has 0 aromatic heterocycles. The second-order valence-corrected chi connectivity index (χ2v) is 3.50. The van der Waals surface area contributed by atoms with Crippen LogP contribution in [0.1, 0.15) is 13.8 Å². The Labute approximate surface area is 84.2 Å². The second-order valence-electron chi connectivity index (χ2n) is 3.50. The third-order valence-corrected chi connectivity index (χ3v) is 1.63. The molecule has 1 aromatic rings. The molecular formula is C11H15NO2. The van der Waals surface area contributed by atoms with Crippen LogP contribution >= 0.6 is 0 Å². The summed E-state index contributed by atoms with van der Waals surface area (Å²) < 4.78 is 0. The van der Waals surface area contributed by atoms with E-state index in [4.69, 9.17) is 4.84 Å². The molecule has 0 aliphatic rings. The quantitative estimate of drug-likeness (QED) is 0.529. The molecule has 0 atom stereocenters. The lowest BCUT2D eigenvalue weighted by atomic mass is 10.2. The summed E-state index contributed by atoms with van der Waals surface area (Å²) in [6, 6.07) is 9.27. The standard InChI is InChI=1S/C11H15NO2/c1-10(2)8-12(9-13)14-11-6-4-3-5-7-11/h3-7,9-10H,8H2,1-2H3. The summed E-state index contributed by atoms with van der Waals surface area (Å²) in [5.74, 6) is 1.07. The van der Waals surface area contributed by atoms with Gasteiger partial charge in [0.25, 0.3) is 0 Å². The van der Waals surface area contributed by atoms with Crippen molar-refractivity contribution in [3.05, 3.63) is 30.3 Å². The summed E-state index contributed by atoms with van der Waals surface area (Å²) in [5, 5.41) is 1.31. The molecule has 0 spiro atoms. The minimum atomic E-state index is 0.393. The van der Waals surface area contributed by atoms with Crippen LogP contribution in [0, 0.1) is 5.92 Å². The molecule has 3 nitrogen and oxygen atoms in total. The molecule has 0 bridgehead atoms. The highest BCUT2D eigenvalue weighted by molar-refractivity contribution is 5.45. The van der Waals surface area contributed by atoms with Gasteiger partial charge in [0.2, 0.25) is 6.41 Å². The first-order valence-electron chi connectivity index (χ1n) is 4.67. The zero-order valence-electron chi connectivity index (χ0n) is 8.51. The van der Waals surface area contributed by atoms with E-state index in [2.05, 4.69) is 0 Å². The Morgan fingerprint density at radius 1 is 1.36 bits per heavy atom.